The lowest BCUT2D eigenvalue weighted by molar-refractivity contribution is 0.473. The van der Waals surface area contributed by atoms with Gasteiger partial charge in [-0.3, -0.25) is 0 Å². The van der Waals surface area contributed by atoms with Gasteiger partial charge in [0.25, 0.3) is 0 Å². The van der Waals surface area contributed by atoms with E-state index in [2.05, 4.69) is 72.7 Å². The molecule has 4 nitrogen and oxygen atoms in total. The first-order valence-electron chi connectivity index (χ1n) is 10.5. The third kappa shape index (κ3) is 6.72. The Morgan fingerprint density at radius 2 is 1.03 bits per heavy atom. The van der Waals surface area contributed by atoms with Crippen molar-refractivity contribution in [3.8, 4) is 11.5 Å². The zero-order valence-electron chi connectivity index (χ0n) is 20.2. The van der Waals surface area contributed by atoms with Gasteiger partial charge in [-0.2, -0.15) is 0 Å². The number of halogens is 2. The first kappa shape index (κ1) is 27.6. The monoisotopic (exact) mass is 518 g/mol. The molecule has 0 aliphatic heterocycles. The van der Waals surface area contributed by atoms with Crippen molar-refractivity contribution in [1.29, 1.82) is 0 Å². The van der Waals surface area contributed by atoms with Crippen molar-refractivity contribution in [2.24, 2.45) is 0 Å². The van der Waals surface area contributed by atoms with Gasteiger partial charge < -0.3 is 18.8 Å². The van der Waals surface area contributed by atoms with Crippen molar-refractivity contribution in [3.63, 3.8) is 0 Å². The fraction of sp³-hybridized carbons (Fsp3) is 0.500. The van der Waals surface area contributed by atoms with E-state index < -0.39 is 15.5 Å². The van der Waals surface area contributed by atoms with Crippen LogP contribution < -0.4 is 9.05 Å². The summed E-state index contributed by atoms with van der Waals surface area (Å²) in [4.78, 5) is 19.9. The molecule has 8 heteroatoms. The maximum atomic E-state index is 9.95. The molecule has 0 aliphatic rings. The summed E-state index contributed by atoms with van der Waals surface area (Å²) >= 11 is 11.9. The number of hydrogen-bond acceptors (Lipinski definition) is 4. The van der Waals surface area contributed by atoms with Gasteiger partial charge in [0.2, 0.25) is 0 Å². The van der Waals surface area contributed by atoms with Gasteiger partial charge in [-0.25, -0.2) is 0 Å². The van der Waals surface area contributed by atoms with Gasteiger partial charge in [0.05, 0.1) is 0 Å². The average Bonchev–Trinajstić information content (AvgIpc) is 2.60. The van der Waals surface area contributed by atoms with E-state index >= 15 is 0 Å². The largest absolute Gasteiger partial charge is 0.435 e. The third-order valence-electron chi connectivity index (χ3n) is 5.41. The Morgan fingerprint density at radius 1 is 0.719 bits per heavy atom. The predicted octanol–water partition coefficient (Wildman–Crippen LogP) is 8.72. The lowest BCUT2D eigenvalue weighted by Gasteiger charge is -2.30. The van der Waals surface area contributed by atoms with Crippen LogP contribution in [0.1, 0.15) is 87.8 Å². The molecule has 2 N–H and O–H groups in total. The van der Waals surface area contributed by atoms with Crippen LogP contribution in [0.2, 0.25) is 0 Å². The summed E-state index contributed by atoms with van der Waals surface area (Å²) in [5, 5.41) is 0. The highest BCUT2D eigenvalue weighted by molar-refractivity contribution is 7.75. The molecule has 0 amide bonds. The van der Waals surface area contributed by atoms with Crippen molar-refractivity contribution >= 4 is 37.9 Å². The minimum absolute atomic E-state index is 0.180. The molecule has 2 aromatic carbocycles. The number of benzene rings is 2. The van der Waals surface area contributed by atoms with E-state index in [4.69, 9.17) is 31.5 Å². The highest BCUT2D eigenvalue weighted by Crippen LogP contribution is 2.51. The molecule has 0 fully saturated rings. The van der Waals surface area contributed by atoms with Crippen LogP contribution in [0.3, 0.4) is 0 Å². The molecule has 0 aliphatic carbocycles. The Hall–Kier alpha value is -0.600. The molecule has 2 unspecified atom stereocenters. The van der Waals surface area contributed by atoms with E-state index in [0.717, 1.165) is 33.4 Å². The van der Waals surface area contributed by atoms with E-state index in [1.807, 2.05) is 13.8 Å². The van der Waals surface area contributed by atoms with Crippen molar-refractivity contribution in [3.05, 3.63) is 57.6 Å². The predicted molar refractivity (Wildman–Crippen MR) is 139 cm³/mol. The minimum Gasteiger partial charge on any atom is -0.435 e. The minimum atomic E-state index is -2.13. The summed E-state index contributed by atoms with van der Waals surface area (Å²) in [5.41, 5.74) is 5.42. The van der Waals surface area contributed by atoms with Crippen molar-refractivity contribution in [2.75, 3.05) is 0 Å². The van der Waals surface area contributed by atoms with Crippen LogP contribution in [0.4, 0.5) is 0 Å². The van der Waals surface area contributed by atoms with Crippen LogP contribution in [0.15, 0.2) is 24.3 Å². The van der Waals surface area contributed by atoms with Crippen LogP contribution in [-0.4, -0.2) is 9.79 Å². The molecular weight excluding hydrogens is 485 g/mol. The second-order valence-corrected chi connectivity index (χ2v) is 13.3. The Bertz CT molecular complexity index is 886. The molecule has 2 atom stereocenters. The normalized spacial score (nSPS) is 15.3. The summed E-state index contributed by atoms with van der Waals surface area (Å²) in [6, 6.07) is 8.25. The fourth-order valence-electron chi connectivity index (χ4n) is 3.88. The Balaban J connectivity index is 2.86. The smallest absolute Gasteiger partial charge is 0.335 e. The van der Waals surface area contributed by atoms with Crippen molar-refractivity contribution in [1.82, 2.24) is 0 Å². The number of hydrogen-bond donors (Lipinski definition) is 2. The molecule has 32 heavy (non-hydrogen) atoms. The van der Waals surface area contributed by atoms with E-state index in [1.54, 1.807) is 0 Å². The summed E-state index contributed by atoms with van der Waals surface area (Å²) in [5.74, 6) is 0.988. The maximum absolute atomic E-state index is 9.95. The molecule has 0 saturated heterocycles. The van der Waals surface area contributed by atoms with Crippen LogP contribution >= 0.6 is 37.9 Å². The van der Waals surface area contributed by atoms with E-state index in [1.165, 1.54) is 0 Å². The van der Waals surface area contributed by atoms with Crippen LogP contribution in [0, 0.1) is 13.8 Å². The molecular formula is C24H34Cl2O4P2. The van der Waals surface area contributed by atoms with Crippen LogP contribution in [-0.2, 0) is 10.8 Å². The van der Waals surface area contributed by atoms with Gasteiger partial charge in [0.1, 0.15) is 11.5 Å². The quantitative estimate of drug-likeness (QED) is 0.375. The molecule has 178 valence electrons. The lowest BCUT2D eigenvalue weighted by Crippen LogP contribution is -2.17. The van der Waals surface area contributed by atoms with Gasteiger partial charge in [-0.1, -0.05) is 83.9 Å². The standard InChI is InChI=1S/C24H34Cl2O4P2/c1-14-10-17(21(29-31(25)27)19(12-14)23(4,5)6)16(3)18-11-15(2)13-20(24(7,8)9)22(18)30-32(26)28/h10-13,16,27-28H,1-9H3. The molecule has 0 heterocycles. The highest BCUT2D eigenvalue weighted by Gasteiger charge is 2.30. The van der Waals surface area contributed by atoms with Gasteiger partial charge in [0.15, 0.2) is 0 Å². The molecule has 0 radical (unpaired) electrons. The summed E-state index contributed by atoms with van der Waals surface area (Å²) in [6.07, 6.45) is 0. The zero-order chi connectivity index (χ0) is 24.6. The van der Waals surface area contributed by atoms with Crippen LogP contribution in [0.5, 0.6) is 11.5 Å². The first-order valence-corrected chi connectivity index (χ1v) is 14.7. The number of rotatable bonds is 6. The van der Waals surface area contributed by atoms with Gasteiger partial charge in [-0.15, -0.1) is 0 Å². The van der Waals surface area contributed by atoms with Crippen LogP contribution in [0.25, 0.3) is 0 Å². The van der Waals surface area contributed by atoms with E-state index in [-0.39, 0.29) is 16.7 Å². The average molecular weight is 519 g/mol. The van der Waals surface area contributed by atoms with Gasteiger partial charge in [-0.05, 0) is 47.2 Å². The topological polar surface area (TPSA) is 58.9 Å². The lowest BCUT2D eigenvalue weighted by atomic mass is 9.79. The number of aryl methyl sites for hydroxylation is 2. The molecule has 0 bridgehead atoms. The Kier molecular flexibility index (Phi) is 8.94. The third-order valence-corrected chi connectivity index (χ3v) is 6.49. The van der Waals surface area contributed by atoms with E-state index in [9.17, 15) is 9.79 Å². The molecule has 0 spiro atoms. The second-order valence-electron chi connectivity index (χ2n) is 10.3. The second kappa shape index (κ2) is 10.3. The summed E-state index contributed by atoms with van der Waals surface area (Å²) in [6.45, 7) is 18.7. The maximum Gasteiger partial charge on any atom is 0.335 e. The Morgan fingerprint density at radius 3 is 1.28 bits per heavy atom. The van der Waals surface area contributed by atoms with Gasteiger partial charge in [0, 0.05) is 28.2 Å². The molecule has 0 saturated carbocycles. The zero-order valence-corrected chi connectivity index (χ0v) is 23.5. The highest BCUT2D eigenvalue weighted by atomic mass is 35.7. The summed E-state index contributed by atoms with van der Waals surface area (Å²) < 4.78 is 11.6. The Labute approximate surface area is 204 Å². The molecule has 0 aromatic heterocycles. The molecule has 2 aromatic rings. The fourth-order valence-corrected chi connectivity index (χ4v) is 5.00. The SMILES string of the molecule is Cc1cc(C(C)c2cc(C)cc(C(C)(C)C)c2OP(O)Cl)c(OP(O)Cl)c(C(C)(C)C)c1. The molecule has 2 rings (SSSR count). The van der Waals surface area contributed by atoms with Crippen molar-refractivity contribution in [2.45, 2.75) is 79.1 Å². The summed E-state index contributed by atoms with van der Waals surface area (Å²) in [7, 11) is -4.26. The van der Waals surface area contributed by atoms with E-state index in [0.29, 0.717) is 11.5 Å². The van der Waals surface area contributed by atoms with Gasteiger partial charge >= 0.3 is 15.5 Å². The first-order chi connectivity index (χ1) is 14.5. The van der Waals surface area contributed by atoms with Crippen molar-refractivity contribution < 1.29 is 18.8 Å².